The number of carbonyl (C=O) groups is 1. The van der Waals surface area contributed by atoms with Crippen molar-refractivity contribution in [2.24, 2.45) is 5.73 Å². The molecule has 1 fully saturated rings. The highest BCUT2D eigenvalue weighted by Crippen LogP contribution is 2.10. The summed E-state index contributed by atoms with van der Waals surface area (Å²) in [6.07, 6.45) is 4.83. The van der Waals surface area contributed by atoms with Crippen LogP contribution in [-0.4, -0.2) is 37.0 Å². The van der Waals surface area contributed by atoms with Gasteiger partial charge in [-0.2, -0.15) is 0 Å². The summed E-state index contributed by atoms with van der Waals surface area (Å²) in [7, 11) is 0. The molecule has 1 aromatic rings. The lowest BCUT2D eigenvalue weighted by molar-refractivity contribution is -0.122. The van der Waals surface area contributed by atoms with E-state index >= 15 is 0 Å². The molecular formula is C16H25N3O. The standard InChI is InChI=1S/C16H25N3O/c17-15(14-8-2-1-3-9-14)16(20)18-10-4-5-11-19-12-6-7-13-19/h1-3,8-9,15H,4-7,10-13,17H2,(H,18,20). The van der Waals surface area contributed by atoms with E-state index < -0.39 is 6.04 Å². The smallest absolute Gasteiger partial charge is 0.241 e. The fourth-order valence-corrected chi connectivity index (χ4v) is 2.60. The number of hydrogen-bond acceptors (Lipinski definition) is 3. The molecule has 20 heavy (non-hydrogen) atoms. The van der Waals surface area contributed by atoms with Crippen LogP contribution in [0, 0.1) is 0 Å². The number of rotatable bonds is 7. The average Bonchev–Trinajstić information content (AvgIpc) is 3.00. The molecule has 4 nitrogen and oxygen atoms in total. The van der Waals surface area contributed by atoms with Crippen molar-refractivity contribution in [1.29, 1.82) is 0 Å². The van der Waals surface area contributed by atoms with Crippen molar-refractivity contribution in [2.75, 3.05) is 26.2 Å². The van der Waals surface area contributed by atoms with E-state index in [1.165, 1.54) is 25.9 Å². The summed E-state index contributed by atoms with van der Waals surface area (Å²) in [6, 6.07) is 8.94. The Labute approximate surface area is 121 Å². The van der Waals surface area contributed by atoms with E-state index in [-0.39, 0.29) is 5.91 Å². The maximum atomic E-state index is 11.9. The first kappa shape index (κ1) is 15.0. The Morgan fingerprint density at radius 2 is 1.90 bits per heavy atom. The molecule has 0 aliphatic carbocycles. The monoisotopic (exact) mass is 275 g/mol. The predicted octanol–water partition coefficient (Wildman–Crippen LogP) is 1.68. The van der Waals surface area contributed by atoms with Crippen LogP contribution in [0.25, 0.3) is 0 Å². The topological polar surface area (TPSA) is 58.4 Å². The molecule has 2 rings (SSSR count). The Morgan fingerprint density at radius 3 is 2.60 bits per heavy atom. The first-order valence-electron chi connectivity index (χ1n) is 7.58. The molecular weight excluding hydrogens is 250 g/mol. The first-order chi connectivity index (χ1) is 9.77. The van der Waals surface area contributed by atoms with Gasteiger partial charge in [-0.05, 0) is 50.9 Å². The number of nitrogens with zero attached hydrogens (tertiary/aromatic N) is 1. The minimum atomic E-state index is -0.560. The van der Waals surface area contributed by atoms with E-state index in [9.17, 15) is 4.79 Å². The van der Waals surface area contributed by atoms with Gasteiger partial charge in [-0.25, -0.2) is 0 Å². The molecule has 1 unspecified atom stereocenters. The van der Waals surface area contributed by atoms with E-state index in [1.54, 1.807) is 0 Å². The van der Waals surface area contributed by atoms with Gasteiger partial charge in [0, 0.05) is 6.54 Å². The Bertz CT molecular complexity index is 401. The van der Waals surface area contributed by atoms with Gasteiger partial charge in [0.1, 0.15) is 6.04 Å². The van der Waals surface area contributed by atoms with Gasteiger partial charge in [-0.3, -0.25) is 4.79 Å². The molecule has 3 N–H and O–H groups in total. The summed E-state index contributed by atoms with van der Waals surface area (Å²) in [5.74, 6) is -0.0858. The lowest BCUT2D eigenvalue weighted by Crippen LogP contribution is -2.34. The zero-order chi connectivity index (χ0) is 14.2. The van der Waals surface area contributed by atoms with Crippen molar-refractivity contribution in [3.63, 3.8) is 0 Å². The van der Waals surface area contributed by atoms with Crippen molar-refractivity contribution >= 4 is 5.91 Å². The molecule has 1 aliphatic rings. The summed E-state index contributed by atoms with van der Waals surface area (Å²) in [6.45, 7) is 4.35. The summed E-state index contributed by atoms with van der Waals surface area (Å²) >= 11 is 0. The van der Waals surface area contributed by atoms with E-state index in [4.69, 9.17) is 5.73 Å². The van der Waals surface area contributed by atoms with Gasteiger partial charge in [0.15, 0.2) is 0 Å². The molecule has 1 heterocycles. The number of nitrogens with one attached hydrogen (secondary N) is 1. The predicted molar refractivity (Wildman–Crippen MR) is 81.3 cm³/mol. The van der Waals surface area contributed by atoms with Crippen LogP contribution < -0.4 is 11.1 Å². The highest BCUT2D eigenvalue weighted by Gasteiger charge is 2.14. The van der Waals surface area contributed by atoms with E-state index in [0.717, 1.165) is 24.9 Å². The van der Waals surface area contributed by atoms with Gasteiger partial charge in [0.05, 0.1) is 0 Å². The zero-order valence-corrected chi connectivity index (χ0v) is 12.1. The second-order valence-electron chi connectivity index (χ2n) is 5.44. The van der Waals surface area contributed by atoms with Gasteiger partial charge in [-0.15, -0.1) is 0 Å². The van der Waals surface area contributed by atoms with Crippen molar-refractivity contribution in [3.8, 4) is 0 Å². The van der Waals surface area contributed by atoms with Gasteiger partial charge < -0.3 is 16.0 Å². The average molecular weight is 275 g/mol. The maximum absolute atomic E-state index is 11.9. The van der Waals surface area contributed by atoms with Crippen LogP contribution in [0.4, 0.5) is 0 Å². The number of likely N-dealkylation sites (tertiary alicyclic amines) is 1. The number of unbranched alkanes of at least 4 members (excludes halogenated alkanes) is 1. The summed E-state index contributed by atoms with van der Waals surface area (Å²) < 4.78 is 0. The minimum absolute atomic E-state index is 0.0858. The van der Waals surface area contributed by atoms with Crippen LogP contribution in [0.15, 0.2) is 30.3 Å². The number of nitrogens with two attached hydrogens (primary N) is 1. The molecule has 0 spiro atoms. The van der Waals surface area contributed by atoms with Crippen LogP contribution in [0.2, 0.25) is 0 Å². The van der Waals surface area contributed by atoms with Crippen LogP contribution in [0.5, 0.6) is 0 Å². The Kier molecular flexibility index (Phi) is 6.02. The second-order valence-corrected chi connectivity index (χ2v) is 5.44. The summed E-state index contributed by atoms with van der Waals surface area (Å²) in [5, 5.41) is 2.92. The molecule has 0 aromatic heterocycles. The molecule has 0 radical (unpaired) electrons. The lowest BCUT2D eigenvalue weighted by atomic mass is 10.1. The molecule has 0 bridgehead atoms. The maximum Gasteiger partial charge on any atom is 0.241 e. The quantitative estimate of drug-likeness (QED) is 0.744. The second kappa shape index (κ2) is 8.02. The molecule has 1 amide bonds. The molecule has 110 valence electrons. The third-order valence-corrected chi connectivity index (χ3v) is 3.84. The van der Waals surface area contributed by atoms with Gasteiger partial charge in [0.25, 0.3) is 0 Å². The number of carbonyl (C=O) groups excluding carboxylic acids is 1. The fraction of sp³-hybridized carbons (Fsp3) is 0.562. The third-order valence-electron chi connectivity index (χ3n) is 3.84. The largest absolute Gasteiger partial charge is 0.354 e. The zero-order valence-electron chi connectivity index (χ0n) is 12.1. The van der Waals surface area contributed by atoms with Crippen molar-refractivity contribution in [2.45, 2.75) is 31.7 Å². The highest BCUT2D eigenvalue weighted by atomic mass is 16.2. The van der Waals surface area contributed by atoms with Gasteiger partial charge in [-0.1, -0.05) is 30.3 Å². The van der Waals surface area contributed by atoms with Crippen molar-refractivity contribution < 1.29 is 4.79 Å². The summed E-state index contributed by atoms with van der Waals surface area (Å²) in [4.78, 5) is 14.4. The number of hydrogen-bond donors (Lipinski definition) is 2. The van der Waals surface area contributed by atoms with E-state index in [1.807, 2.05) is 30.3 Å². The molecule has 1 atom stereocenters. The highest BCUT2D eigenvalue weighted by molar-refractivity contribution is 5.82. The SMILES string of the molecule is NC(C(=O)NCCCCN1CCCC1)c1ccccc1. The summed E-state index contributed by atoms with van der Waals surface area (Å²) in [5.41, 5.74) is 6.80. The van der Waals surface area contributed by atoms with Crippen LogP contribution in [-0.2, 0) is 4.79 Å². The third kappa shape index (κ3) is 4.62. The van der Waals surface area contributed by atoms with Crippen LogP contribution in [0.1, 0.15) is 37.3 Å². The van der Waals surface area contributed by atoms with E-state index in [2.05, 4.69) is 10.2 Å². The molecule has 1 aliphatic heterocycles. The molecule has 4 heteroatoms. The lowest BCUT2D eigenvalue weighted by Gasteiger charge is -2.15. The molecule has 1 aromatic carbocycles. The number of amides is 1. The Balaban J connectivity index is 1.60. The first-order valence-corrected chi connectivity index (χ1v) is 7.58. The Hall–Kier alpha value is -1.39. The number of benzene rings is 1. The van der Waals surface area contributed by atoms with Gasteiger partial charge >= 0.3 is 0 Å². The molecule has 0 saturated carbocycles. The molecule has 1 saturated heterocycles. The Morgan fingerprint density at radius 1 is 1.20 bits per heavy atom. The van der Waals surface area contributed by atoms with Crippen LogP contribution >= 0.6 is 0 Å². The fourth-order valence-electron chi connectivity index (χ4n) is 2.60. The van der Waals surface area contributed by atoms with Gasteiger partial charge in [0.2, 0.25) is 5.91 Å². The van der Waals surface area contributed by atoms with Crippen molar-refractivity contribution in [3.05, 3.63) is 35.9 Å². The van der Waals surface area contributed by atoms with E-state index in [0.29, 0.717) is 6.54 Å². The minimum Gasteiger partial charge on any atom is -0.354 e. The normalized spacial score (nSPS) is 17.1. The van der Waals surface area contributed by atoms with Crippen LogP contribution in [0.3, 0.4) is 0 Å². The van der Waals surface area contributed by atoms with Crippen molar-refractivity contribution in [1.82, 2.24) is 10.2 Å².